The molecule has 0 atom stereocenters. The first-order valence-corrected chi connectivity index (χ1v) is 44.1. The maximum absolute atomic E-state index is 11.9. The zero-order valence-electron chi connectivity index (χ0n) is 104. The number of rotatable bonds is 9. The first-order valence-electron chi connectivity index (χ1n) is 55.6. The van der Waals surface area contributed by atoms with Crippen molar-refractivity contribution in [3.8, 4) is 77.9 Å². The molecule has 14 rings (SSSR count). The van der Waals surface area contributed by atoms with Crippen molar-refractivity contribution in [1.29, 1.82) is 0 Å². The molecular formula is C120H145BN2. The number of benzene rings is 12. The van der Waals surface area contributed by atoms with Crippen LogP contribution in [0.5, 0.6) is 0 Å². The van der Waals surface area contributed by atoms with Crippen molar-refractivity contribution in [1.82, 2.24) is 0 Å². The van der Waals surface area contributed by atoms with Gasteiger partial charge in [-0.05, 0) is 252 Å². The van der Waals surface area contributed by atoms with E-state index in [2.05, 4.69) is 119 Å². The molecule has 2 nitrogen and oxygen atoms in total. The molecule has 2 heterocycles. The fourth-order valence-corrected chi connectivity index (χ4v) is 16.2. The van der Waals surface area contributed by atoms with Crippen molar-refractivity contribution >= 4 is 57.2 Å². The maximum atomic E-state index is 11.9. The van der Waals surface area contributed by atoms with Gasteiger partial charge in [0.1, 0.15) is 0 Å². The van der Waals surface area contributed by atoms with E-state index in [0.29, 0.717) is 38.8 Å². The van der Waals surface area contributed by atoms with Crippen LogP contribution in [0.15, 0.2) is 224 Å². The second-order valence-electron chi connectivity index (χ2n) is 47.1. The Morgan fingerprint density at radius 1 is 0.203 bits per heavy atom. The van der Waals surface area contributed by atoms with Gasteiger partial charge in [0.25, 0.3) is 6.71 Å². The van der Waals surface area contributed by atoms with Crippen molar-refractivity contribution in [3.63, 3.8) is 0 Å². The van der Waals surface area contributed by atoms with Crippen molar-refractivity contribution in [2.45, 2.75) is 314 Å². The van der Waals surface area contributed by atoms with Gasteiger partial charge in [-0.3, -0.25) is 0 Å². The zero-order valence-corrected chi connectivity index (χ0v) is 80.6. The summed E-state index contributed by atoms with van der Waals surface area (Å²) in [5.41, 5.74) is -4.88. The Kier molecular flexibility index (Phi) is 15.9. The molecule has 0 unspecified atom stereocenters. The highest BCUT2D eigenvalue weighted by Gasteiger charge is 2.47. The maximum Gasteiger partial charge on any atom is 0.252 e. The van der Waals surface area contributed by atoms with Gasteiger partial charge in [-0.2, -0.15) is 0 Å². The molecule has 0 radical (unpaired) electrons. The van der Waals surface area contributed by atoms with E-state index in [1.165, 1.54) is 0 Å². The predicted molar refractivity (Wildman–Crippen MR) is 543 cm³/mol. The van der Waals surface area contributed by atoms with Crippen LogP contribution in [0.4, 0.5) is 34.1 Å². The summed E-state index contributed by atoms with van der Waals surface area (Å²) in [6, 6.07) is 17.5. The molecule has 12 aromatic carbocycles. The molecule has 0 fully saturated rings. The Hall–Kier alpha value is -9.70. The van der Waals surface area contributed by atoms with Crippen LogP contribution in [0.2, 0.25) is 0 Å². The van der Waals surface area contributed by atoms with E-state index in [1.807, 2.05) is 139 Å². The SMILES string of the molecule is [2H]c1c([2H])c([2H])c(-c2ccc3c(c2)N(c2c(-c4c([2H])c([2H])c(C(C)(C)C)c([2H])c4[2H])c([2H])c(C(C)(C)C)c([2H])c2-c2c([2H])c(C(C)(C)C)c([2H])c(C(C)(C)C)c2[2H])c2cc(-c4cc(C(C)(C)C)cc(C(C)(C)C)c4)cc4c2B3c2ccc(-c3cc(C(C)(C)C)cc(C(C)(C)C)c3)cc2N4c2c(-c3c([2H])c([2H])c(C(C)(C)C)c([2H])c3[2H])c([2H])c(C(C)(C)C)c([2H])c2-c2c([2H])c([2H])c(C(C)(C)C)c([2H])c2C(C)(C)C)c([2H])c1[2H]. The molecule has 0 saturated carbocycles. The summed E-state index contributed by atoms with van der Waals surface area (Å²) in [6.07, 6.45) is 0. The van der Waals surface area contributed by atoms with E-state index >= 15 is 0 Å². The van der Waals surface area contributed by atoms with Gasteiger partial charge in [-0.25, -0.2) is 0 Å². The first-order chi connectivity index (χ1) is 66.2. The van der Waals surface area contributed by atoms with Crippen LogP contribution < -0.4 is 26.2 Å². The van der Waals surface area contributed by atoms with E-state index in [0.717, 1.165) is 27.8 Å². The Balaban J connectivity index is 1.45. The number of nitrogens with zero attached hydrogens (tertiary/aromatic N) is 2. The second-order valence-corrected chi connectivity index (χ2v) is 47.1. The lowest BCUT2D eigenvalue weighted by molar-refractivity contribution is 0.568. The molecule has 12 aromatic rings. The van der Waals surface area contributed by atoms with Crippen LogP contribution in [0.1, 0.15) is 348 Å². The minimum atomic E-state index is -1.30. The zero-order chi connectivity index (χ0) is 110. The smallest absolute Gasteiger partial charge is 0.252 e. The highest BCUT2D eigenvalue weighted by Crippen LogP contribution is 2.58. The van der Waals surface area contributed by atoms with Crippen molar-refractivity contribution in [3.05, 3.63) is 291 Å². The lowest BCUT2D eigenvalue weighted by Crippen LogP contribution is -2.61. The van der Waals surface area contributed by atoms with Crippen LogP contribution in [0, 0.1) is 0 Å². The number of hydrogen-bond donors (Lipinski definition) is 0. The summed E-state index contributed by atoms with van der Waals surface area (Å²) < 4.78 is 247. The summed E-state index contributed by atoms with van der Waals surface area (Å²) in [6.45, 7) is 68.6. The lowest BCUT2D eigenvalue weighted by Gasteiger charge is -2.46. The fraction of sp³-hybridized carbons (Fsp3) is 0.400. The molecule has 2 aliphatic rings. The van der Waals surface area contributed by atoms with Crippen LogP contribution >= 0.6 is 0 Å². The van der Waals surface area contributed by atoms with Gasteiger partial charge in [-0.15, -0.1) is 0 Å². The monoisotopic (exact) mass is 1650 g/mol. The molecule has 0 aliphatic carbocycles. The molecule has 0 aromatic heterocycles. The molecule has 2 aliphatic heterocycles. The molecule has 0 bridgehead atoms. The Bertz CT molecular complexity index is 7360. The van der Waals surface area contributed by atoms with E-state index in [1.54, 1.807) is 85.4 Å². The van der Waals surface area contributed by atoms with Gasteiger partial charge in [0, 0.05) is 45.0 Å². The lowest BCUT2D eigenvalue weighted by atomic mass is 9.33. The summed E-state index contributed by atoms with van der Waals surface area (Å²) in [5, 5.41) is 0. The van der Waals surface area contributed by atoms with E-state index in [9.17, 15) is 30.2 Å². The van der Waals surface area contributed by atoms with Gasteiger partial charge < -0.3 is 9.80 Å². The molecule has 0 saturated heterocycles. The predicted octanol–water partition coefficient (Wildman–Crippen LogP) is 33.0. The fourth-order valence-electron chi connectivity index (χ4n) is 16.2. The number of anilines is 6. The Morgan fingerprint density at radius 2 is 0.504 bits per heavy atom. The van der Waals surface area contributed by atoms with E-state index in [-0.39, 0.29) is 159 Å². The van der Waals surface area contributed by atoms with Crippen LogP contribution in [0.25, 0.3) is 77.9 Å². The highest BCUT2D eigenvalue weighted by molar-refractivity contribution is 7.00. The average Bonchev–Trinajstić information content (AvgIpc) is 0.672. The molecule has 638 valence electrons. The Labute approximate surface area is 777 Å². The summed E-state index contributed by atoms with van der Waals surface area (Å²) in [7, 11) is 0. The largest absolute Gasteiger partial charge is 0.310 e. The second kappa shape index (κ2) is 30.6. The van der Waals surface area contributed by atoms with Crippen molar-refractivity contribution in [2.24, 2.45) is 0 Å². The van der Waals surface area contributed by atoms with Gasteiger partial charge in [0.15, 0.2) is 0 Å². The van der Waals surface area contributed by atoms with Crippen molar-refractivity contribution in [2.75, 3.05) is 9.80 Å². The van der Waals surface area contributed by atoms with Gasteiger partial charge in [0.2, 0.25) is 0 Å². The van der Waals surface area contributed by atoms with Gasteiger partial charge in [-0.1, -0.05) is 425 Å². The topological polar surface area (TPSA) is 6.48 Å². The highest BCUT2D eigenvalue weighted by atomic mass is 15.2. The average molecular weight is 1650 g/mol. The van der Waals surface area contributed by atoms with Crippen LogP contribution in [0.3, 0.4) is 0 Å². The van der Waals surface area contributed by atoms with Crippen molar-refractivity contribution < 1.29 is 31.5 Å². The first kappa shape index (κ1) is 64.1. The molecule has 0 amide bonds. The van der Waals surface area contributed by atoms with Gasteiger partial charge >= 0.3 is 0 Å². The standard InChI is InChI=1S/C120H145BN2/c1-109(2,3)83-48-42-75(43-49-83)95-69-92(118(28,29)30)71-97(82-60-90(116(22,23)24)68-91(61-82)117(25,26)27)107(95)122-102-62-77(74-40-38-37-39-41-74)46-54-100(102)121-101-55-47-78(79-56-86(112(10,11)12)66-87(57-79)113(13,14)15)63-103(101)123(105-65-81(64-104(122)106(105)121)80-58-88(114(16,17)18)67-89(59-80)115(19,20)21)108-96(76-44-50-84(51-45-76)110(4,5)6)70-93(119(31,32)33)72-98(108)94-53-52-85(111(7,8)9)73-99(94)120(34,35)36/h37-73H,1-36H3/i37D,38D,39D,40D,41D,42D,43D,44D,45D,48D,49D,50D,51D,52D,53D,60D,61D,68D,69D,70D,71D,72D,73D. The van der Waals surface area contributed by atoms with Gasteiger partial charge in [0.05, 0.1) is 42.9 Å². The third-order valence-corrected chi connectivity index (χ3v) is 24.1. The minimum Gasteiger partial charge on any atom is -0.310 e. The number of hydrogen-bond acceptors (Lipinski definition) is 2. The number of fused-ring (bicyclic) bond motifs is 4. The molecule has 0 spiro atoms. The summed E-state index contributed by atoms with van der Waals surface area (Å²) in [4.78, 5) is 3.68. The van der Waals surface area contributed by atoms with Crippen LogP contribution in [-0.2, 0) is 65.0 Å². The quantitative estimate of drug-likeness (QED) is 0.133. The molecule has 123 heavy (non-hydrogen) atoms. The minimum absolute atomic E-state index is 0.0103. The Morgan fingerprint density at radius 3 is 0.862 bits per heavy atom. The van der Waals surface area contributed by atoms with E-state index in [4.69, 9.17) is 1.37 Å². The third kappa shape index (κ3) is 17.8. The summed E-state index contributed by atoms with van der Waals surface area (Å²) in [5.74, 6) is 0. The summed E-state index contributed by atoms with van der Waals surface area (Å²) >= 11 is 0. The normalized spacial score (nSPS) is 16.6. The molecule has 3 heteroatoms. The molecular weight excluding hydrogens is 1480 g/mol. The third-order valence-electron chi connectivity index (χ3n) is 24.1. The van der Waals surface area contributed by atoms with E-state index < -0.39 is 180 Å². The van der Waals surface area contributed by atoms with Crippen LogP contribution in [-0.4, -0.2) is 6.71 Å². The molecule has 0 N–H and O–H groups in total.